The molecule has 1 rings (SSSR count). The SMILES string of the molecule is CC(C)CCNC(=O)[C@H](C)NC(=O)C[C@H](O)[C@@H]1CSC/C=C/CSC[C@H](NC(=O)CC(C)C)C(=O)N[C@@H](C(C)C)C(=O)N1. The van der Waals surface area contributed by atoms with Gasteiger partial charge in [-0.15, -0.1) is 0 Å². The van der Waals surface area contributed by atoms with E-state index in [0.717, 1.165) is 6.42 Å². The monoisotopic (exact) mass is 643 g/mol. The van der Waals surface area contributed by atoms with Crippen molar-refractivity contribution in [2.24, 2.45) is 17.8 Å². The van der Waals surface area contributed by atoms with Crippen LogP contribution < -0.4 is 26.6 Å². The first-order chi connectivity index (χ1) is 20.2. The smallest absolute Gasteiger partial charge is 0.244 e. The molecule has 0 aromatic rings. The predicted molar refractivity (Wildman–Crippen MR) is 175 cm³/mol. The Labute approximate surface area is 265 Å². The molecular weight excluding hydrogens is 590 g/mol. The molecule has 0 bridgehead atoms. The summed E-state index contributed by atoms with van der Waals surface area (Å²) in [5.41, 5.74) is 0. The minimum absolute atomic E-state index is 0.133. The molecule has 5 amide bonds. The first-order valence-electron chi connectivity index (χ1n) is 15.2. The van der Waals surface area contributed by atoms with E-state index in [1.54, 1.807) is 20.8 Å². The van der Waals surface area contributed by atoms with Crippen molar-refractivity contribution < 1.29 is 29.1 Å². The van der Waals surface area contributed by atoms with Crippen molar-refractivity contribution >= 4 is 53.1 Å². The number of hydrogen-bond donors (Lipinski definition) is 6. The van der Waals surface area contributed by atoms with E-state index in [0.29, 0.717) is 35.5 Å². The summed E-state index contributed by atoms with van der Waals surface area (Å²) in [6.45, 7) is 13.6. The molecule has 6 N–H and O–H groups in total. The normalized spacial score (nSPS) is 22.9. The largest absolute Gasteiger partial charge is 0.390 e. The van der Waals surface area contributed by atoms with Gasteiger partial charge in [0.2, 0.25) is 29.5 Å². The Hall–Kier alpha value is -2.25. The second-order valence-electron chi connectivity index (χ2n) is 12.1. The van der Waals surface area contributed by atoms with Crippen LogP contribution in [0.1, 0.15) is 67.7 Å². The predicted octanol–water partition coefficient (Wildman–Crippen LogP) is 1.60. The minimum Gasteiger partial charge on any atom is -0.390 e. The van der Waals surface area contributed by atoms with E-state index in [1.807, 2.05) is 26.0 Å². The zero-order chi connectivity index (χ0) is 32.5. The molecule has 0 unspecified atom stereocenters. The number of aliphatic hydroxyl groups excluding tert-OH is 1. The summed E-state index contributed by atoms with van der Waals surface area (Å²) in [6.07, 6.45) is 3.51. The third kappa shape index (κ3) is 16.4. The van der Waals surface area contributed by atoms with Gasteiger partial charge in [0.1, 0.15) is 18.1 Å². The van der Waals surface area contributed by atoms with Gasteiger partial charge in [0, 0.05) is 36.0 Å². The number of aliphatic hydroxyl groups is 1. The zero-order valence-corrected chi connectivity index (χ0v) is 28.4. The van der Waals surface area contributed by atoms with Crippen LogP contribution in [-0.4, -0.2) is 94.5 Å². The first kappa shape index (κ1) is 38.8. The number of hydrogen-bond acceptors (Lipinski definition) is 8. The van der Waals surface area contributed by atoms with Gasteiger partial charge in [0.25, 0.3) is 0 Å². The van der Waals surface area contributed by atoms with E-state index in [-0.39, 0.29) is 36.5 Å². The summed E-state index contributed by atoms with van der Waals surface area (Å²) in [4.78, 5) is 64.2. The summed E-state index contributed by atoms with van der Waals surface area (Å²) < 4.78 is 0. The van der Waals surface area contributed by atoms with Crippen LogP contribution in [0.15, 0.2) is 12.2 Å². The van der Waals surface area contributed by atoms with E-state index < -0.39 is 48.0 Å². The molecule has 1 heterocycles. The maximum atomic E-state index is 13.4. The highest BCUT2D eigenvalue weighted by atomic mass is 32.2. The minimum atomic E-state index is -1.23. The van der Waals surface area contributed by atoms with Crippen molar-refractivity contribution in [3.05, 3.63) is 12.2 Å². The highest BCUT2D eigenvalue weighted by Crippen LogP contribution is 2.14. The number of carbonyl (C=O) groups is 5. The first-order valence-corrected chi connectivity index (χ1v) is 17.5. The Morgan fingerprint density at radius 2 is 1.51 bits per heavy atom. The Bertz CT molecular complexity index is 946. The Morgan fingerprint density at radius 3 is 2.09 bits per heavy atom. The average Bonchev–Trinajstić information content (AvgIpc) is 2.90. The van der Waals surface area contributed by atoms with Crippen LogP contribution in [0.25, 0.3) is 0 Å². The fraction of sp³-hybridized carbons (Fsp3) is 0.767. The molecule has 1 aliphatic rings. The maximum Gasteiger partial charge on any atom is 0.244 e. The zero-order valence-electron chi connectivity index (χ0n) is 26.7. The fourth-order valence-electron chi connectivity index (χ4n) is 4.11. The quantitative estimate of drug-likeness (QED) is 0.175. The van der Waals surface area contributed by atoms with Crippen molar-refractivity contribution in [2.75, 3.05) is 29.6 Å². The van der Waals surface area contributed by atoms with Crippen LogP contribution in [0.3, 0.4) is 0 Å². The average molecular weight is 644 g/mol. The van der Waals surface area contributed by atoms with Gasteiger partial charge in [0.05, 0.1) is 18.6 Å². The van der Waals surface area contributed by atoms with Crippen LogP contribution in [-0.2, 0) is 24.0 Å². The van der Waals surface area contributed by atoms with Gasteiger partial charge in [-0.1, -0.05) is 53.7 Å². The molecule has 246 valence electrons. The van der Waals surface area contributed by atoms with Crippen molar-refractivity contribution in [3.63, 3.8) is 0 Å². The van der Waals surface area contributed by atoms with Crippen LogP contribution in [0.2, 0.25) is 0 Å². The van der Waals surface area contributed by atoms with Gasteiger partial charge >= 0.3 is 0 Å². The fourth-order valence-corrected chi connectivity index (χ4v) is 5.95. The standard InChI is InChI=1S/C30H53N5O6S2/c1-18(2)10-11-31-28(39)21(7)32-26(38)15-24(36)22-16-42-12-8-9-13-43-17-23(33-25(37)14-19(3)4)29(40)35-27(20(5)6)30(41)34-22/h8-9,18-24,27,36H,10-17H2,1-7H3,(H,31,39)(H,32,38)(H,33,37)(H,34,41)(H,35,40)/b9-8+/t21-,22-,23-,24-,27-/m0/s1. The maximum absolute atomic E-state index is 13.4. The summed E-state index contributed by atoms with van der Waals surface area (Å²) in [7, 11) is 0. The lowest BCUT2D eigenvalue weighted by Gasteiger charge is -2.29. The highest BCUT2D eigenvalue weighted by molar-refractivity contribution is 7.99. The van der Waals surface area contributed by atoms with E-state index in [2.05, 4.69) is 40.4 Å². The molecule has 1 aliphatic heterocycles. The lowest BCUT2D eigenvalue weighted by Crippen LogP contribution is -2.59. The third-order valence-corrected chi connectivity index (χ3v) is 8.67. The molecular formula is C30H53N5O6S2. The molecule has 43 heavy (non-hydrogen) atoms. The van der Waals surface area contributed by atoms with Gasteiger partial charge in [-0.25, -0.2) is 0 Å². The number of nitrogens with one attached hydrogen (secondary N) is 5. The molecule has 13 heteroatoms. The molecule has 11 nitrogen and oxygen atoms in total. The summed E-state index contributed by atoms with van der Waals surface area (Å²) in [5.74, 6) is 0.240. The van der Waals surface area contributed by atoms with E-state index in [4.69, 9.17) is 0 Å². The van der Waals surface area contributed by atoms with E-state index in [1.165, 1.54) is 23.5 Å². The molecule has 0 aliphatic carbocycles. The van der Waals surface area contributed by atoms with Crippen molar-refractivity contribution in [1.29, 1.82) is 0 Å². The summed E-state index contributed by atoms with van der Waals surface area (Å²) in [6, 6.07) is -3.30. The molecule has 0 fully saturated rings. The van der Waals surface area contributed by atoms with Crippen molar-refractivity contribution in [1.82, 2.24) is 26.6 Å². The number of thioether (sulfide) groups is 2. The van der Waals surface area contributed by atoms with Gasteiger partial charge < -0.3 is 31.7 Å². The Balaban J connectivity index is 2.98. The molecule has 0 spiro atoms. The summed E-state index contributed by atoms with van der Waals surface area (Å²) in [5, 5.41) is 24.9. The Kier molecular flexibility index (Phi) is 18.6. The van der Waals surface area contributed by atoms with E-state index in [9.17, 15) is 29.1 Å². The topological polar surface area (TPSA) is 166 Å². The van der Waals surface area contributed by atoms with Crippen LogP contribution >= 0.6 is 23.5 Å². The van der Waals surface area contributed by atoms with Crippen LogP contribution in [0, 0.1) is 17.8 Å². The molecule has 0 saturated carbocycles. The van der Waals surface area contributed by atoms with Crippen LogP contribution in [0.5, 0.6) is 0 Å². The molecule has 0 aromatic carbocycles. The second-order valence-corrected chi connectivity index (χ2v) is 14.3. The van der Waals surface area contributed by atoms with Gasteiger partial charge in [0.15, 0.2) is 0 Å². The number of amides is 5. The lowest BCUT2D eigenvalue weighted by molar-refractivity contribution is -0.133. The van der Waals surface area contributed by atoms with Gasteiger partial charge in [-0.05, 0) is 31.1 Å². The number of rotatable bonds is 12. The molecule has 0 radical (unpaired) electrons. The lowest BCUT2D eigenvalue weighted by atomic mass is 10.0. The molecule has 5 atom stereocenters. The third-order valence-electron chi connectivity index (χ3n) is 6.65. The van der Waals surface area contributed by atoms with Crippen molar-refractivity contribution in [2.45, 2.75) is 98.0 Å². The van der Waals surface area contributed by atoms with Gasteiger partial charge in [-0.2, -0.15) is 23.5 Å². The molecule has 0 aromatic heterocycles. The molecule has 0 saturated heterocycles. The van der Waals surface area contributed by atoms with E-state index >= 15 is 0 Å². The van der Waals surface area contributed by atoms with Crippen LogP contribution in [0.4, 0.5) is 0 Å². The Morgan fingerprint density at radius 1 is 0.884 bits per heavy atom. The summed E-state index contributed by atoms with van der Waals surface area (Å²) >= 11 is 3.00. The highest BCUT2D eigenvalue weighted by Gasteiger charge is 2.32. The van der Waals surface area contributed by atoms with Crippen molar-refractivity contribution in [3.8, 4) is 0 Å². The number of carbonyl (C=O) groups excluding carboxylic acids is 5. The van der Waals surface area contributed by atoms with Gasteiger partial charge in [-0.3, -0.25) is 24.0 Å². The second kappa shape index (κ2) is 20.7.